The summed E-state index contributed by atoms with van der Waals surface area (Å²) < 4.78 is 0.914. The third-order valence-electron chi connectivity index (χ3n) is 4.48. The number of pyridine rings is 1. The van der Waals surface area contributed by atoms with Gasteiger partial charge in [0.05, 0.1) is 0 Å². The van der Waals surface area contributed by atoms with E-state index in [-0.39, 0.29) is 5.41 Å². The van der Waals surface area contributed by atoms with Crippen LogP contribution in [0.1, 0.15) is 17.2 Å². The number of nitrogens with zero attached hydrogens (tertiary/aromatic N) is 2. The van der Waals surface area contributed by atoms with Crippen LogP contribution in [0.2, 0.25) is 0 Å². The fourth-order valence-corrected chi connectivity index (χ4v) is 3.59. The molecule has 6 heteroatoms. The van der Waals surface area contributed by atoms with Crippen LogP contribution >= 0.6 is 15.9 Å². The number of halogens is 1. The highest BCUT2D eigenvalue weighted by atomic mass is 79.9. The molecule has 0 spiro atoms. The molecule has 0 radical (unpaired) electrons. The highest BCUT2D eigenvalue weighted by Crippen LogP contribution is 2.28. The molecule has 3 rings (SSSR count). The number of benzene rings is 1. The lowest BCUT2D eigenvalue weighted by molar-refractivity contribution is -0.120. The van der Waals surface area contributed by atoms with E-state index in [1.54, 1.807) is 12.4 Å². The monoisotopic (exact) mass is 412 g/mol. The van der Waals surface area contributed by atoms with E-state index in [1.165, 1.54) is 5.56 Å². The number of carbonyl (C=O) groups excluding carboxylic acids is 1. The molecule has 1 amide bonds. The molecule has 1 aromatic heterocycles. The molecule has 2 unspecified atom stereocenters. The van der Waals surface area contributed by atoms with Gasteiger partial charge in [-0.15, -0.1) is 0 Å². The first-order valence-corrected chi connectivity index (χ1v) is 9.22. The average Bonchev–Trinajstić information content (AvgIpc) is 2.63. The summed E-state index contributed by atoms with van der Waals surface area (Å²) in [7, 11) is 0. The van der Waals surface area contributed by atoms with Crippen molar-refractivity contribution in [1.29, 1.82) is 0 Å². The number of nitrogens with two attached hydrogens (primary N) is 1. The van der Waals surface area contributed by atoms with Crippen molar-refractivity contribution in [3.8, 4) is 0 Å². The predicted molar refractivity (Wildman–Crippen MR) is 107 cm³/mol. The zero-order chi connectivity index (χ0) is 18.4. The number of nitrogens with one attached hydrogen (secondary N) is 1. The molecule has 26 heavy (non-hydrogen) atoms. The molecule has 2 aromatic rings. The Bertz CT molecular complexity index is 822. The van der Waals surface area contributed by atoms with E-state index in [0.717, 1.165) is 16.5 Å². The number of hydrogen-bond acceptors (Lipinski definition) is 4. The fraction of sp³-hybridized carbons (Fsp3) is 0.250. The van der Waals surface area contributed by atoms with E-state index in [2.05, 4.69) is 37.3 Å². The third-order valence-corrected chi connectivity index (χ3v) is 4.97. The smallest absolute Gasteiger partial charge is 0.239 e. The summed E-state index contributed by atoms with van der Waals surface area (Å²) in [4.78, 5) is 20.6. The number of carbonyl (C=O) groups is 1. The molecule has 0 saturated heterocycles. The average molecular weight is 413 g/mol. The quantitative estimate of drug-likeness (QED) is 0.733. The molecule has 2 atom stereocenters. The number of rotatable bonds is 7. The first-order valence-electron chi connectivity index (χ1n) is 8.43. The van der Waals surface area contributed by atoms with Gasteiger partial charge in [0.2, 0.25) is 5.91 Å². The number of primary amides is 1. The lowest BCUT2D eigenvalue weighted by Gasteiger charge is -2.32. The van der Waals surface area contributed by atoms with Gasteiger partial charge in [-0.3, -0.25) is 14.8 Å². The number of allylic oxidation sites excluding steroid dienone is 1. The minimum absolute atomic E-state index is 0.212. The number of aliphatic imine (C=N–C) groups is 1. The summed E-state index contributed by atoms with van der Waals surface area (Å²) in [5.41, 5.74) is 7.47. The van der Waals surface area contributed by atoms with Crippen LogP contribution in [0.25, 0.3) is 0 Å². The van der Waals surface area contributed by atoms with Gasteiger partial charge in [-0.05, 0) is 47.9 Å². The van der Waals surface area contributed by atoms with E-state index < -0.39 is 11.9 Å². The van der Waals surface area contributed by atoms with Crippen molar-refractivity contribution >= 4 is 28.1 Å². The first kappa shape index (κ1) is 18.5. The van der Waals surface area contributed by atoms with E-state index >= 15 is 0 Å². The molecule has 2 heterocycles. The lowest BCUT2D eigenvalue weighted by atomic mass is 9.80. The SMILES string of the molecule is NC(=O)C(NCC1(Cc2ccncc2)C=CC=NC1)c1cccc(Br)c1. The molecule has 3 N–H and O–H groups in total. The number of amides is 1. The van der Waals surface area contributed by atoms with Crippen LogP contribution in [0.5, 0.6) is 0 Å². The fourth-order valence-electron chi connectivity index (χ4n) is 3.17. The molecule has 1 aliphatic rings. The first-order chi connectivity index (χ1) is 12.6. The Morgan fingerprint density at radius 2 is 2.12 bits per heavy atom. The molecule has 134 valence electrons. The summed E-state index contributed by atoms with van der Waals surface area (Å²) in [6.45, 7) is 1.24. The molecular formula is C20H21BrN4O. The van der Waals surface area contributed by atoms with Crippen molar-refractivity contribution < 1.29 is 4.79 Å². The second kappa shape index (κ2) is 8.38. The molecular weight excluding hydrogens is 392 g/mol. The minimum atomic E-state index is -0.555. The topological polar surface area (TPSA) is 80.4 Å². The van der Waals surface area contributed by atoms with Crippen LogP contribution in [0.15, 0.2) is 70.4 Å². The highest BCUT2D eigenvalue weighted by molar-refractivity contribution is 9.10. The molecule has 5 nitrogen and oxygen atoms in total. The van der Waals surface area contributed by atoms with Gasteiger partial charge in [-0.1, -0.05) is 34.1 Å². The van der Waals surface area contributed by atoms with Crippen molar-refractivity contribution in [2.24, 2.45) is 16.1 Å². The van der Waals surface area contributed by atoms with E-state index in [9.17, 15) is 4.79 Å². The zero-order valence-electron chi connectivity index (χ0n) is 14.3. The van der Waals surface area contributed by atoms with Crippen molar-refractivity contribution in [2.75, 3.05) is 13.1 Å². The molecule has 0 saturated carbocycles. The second-order valence-electron chi connectivity index (χ2n) is 6.51. The van der Waals surface area contributed by atoms with Gasteiger partial charge in [-0.2, -0.15) is 0 Å². The zero-order valence-corrected chi connectivity index (χ0v) is 15.9. The van der Waals surface area contributed by atoms with Crippen LogP contribution in [0.3, 0.4) is 0 Å². The predicted octanol–water partition coefficient (Wildman–Crippen LogP) is 2.83. The molecule has 1 aliphatic heterocycles. The third kappa shape index (κ3) is 4.65. The maximum Gasteiger partial charge on any atom is 0.239 e. The van der Waals surface area contributed by atoms with Crippen LogP contribution in [0.4, 0.5) is 0 Å². The second-order valence-corrected chi connectivity index (χ2v) is 7.43. The van der Waals surface area contributed by atoms with Crippen LogP contribution in [0, 0.1) is 5.41 Å². The van der Waals surface area contributed by atoms with Crippen molar-refractivity contribution in [3.05, 3.63) is 76.5 Å². The summed E-state index contributed by atoms with van der Waals surface area (Å²) in [5.74, 6) is -0.398. The Kier molecular flexibility index (Phi) is 5.96. The summed E-state index contributed by atoms with van der Waals surface area (Å²) >= 11 is 3.45. The van der Waals surface area contributed by atoms with Crippen LogP contribution in [-0.4, -0.2) is 30.2 Å². The summed E-state index contributed by atoms with van der Waals surface area (Å²) in [6.07, 6.45) is 10.3. The van der Waals surface area contributed by atoms with Crippen LogP contribution < -0.4 is 11.1 Å². The summed E-state index contributed by atoms with van der Waals surface area (Å²) in [5, 5.41) is 3.36. The van der Waals surface area contributed by atoms with Crippen molar-refractivity contribution in [2.45, 2.75) is 12.5 Å². The molecule has 0 fully saturated rings. The Labute approximate surface area is 161 Å². The van der Waals surface area contributed by atoms with E-state index in [4.69, 9.17) is 5.73 Å². The maximum absolute atomic E-state index is 12.0. The molecule has 0 bridgehead atoms. The Balaban J connectivity index is 1.79. The van der Waals surface area contributed by atoms with E-state index in [0.29, 0.717) is 13.1 Å². The highest BCUT2D eigenvalue weighted by Gasteiger charge is 2.30. The number of aromatic nitrogens is 1. The van der Waals surface area contributed by atoms with Gasteiger partial charge >= 0.3 is 0 Å². The number of hydrogen-bond donors (Lipinski definition) is 2. The molecule has 1 aromatic carbocycles. The van der Waals surface area contributed by atoms with Crippen LogP contribution in [-0.2, 0) is 11.2 Å². The minimum Gasteiger partial charge on any atom is -0.368 e. The normalized spacial score (nSPS) is 20.0. The van der Waals surface area contributed by atoms with Gasteiger partial charge in [0.25, 0.3) is 0 Å². The largest absolute Gasteiger partial charge is 0.368 e. The van der Waals surface area contributed by atoms with E-state index in [1.807, 2.05) is 48.7 Å². The van der Waals surface area contributed by atoms with Crippen molar-refractivity contribution in [3.63, 3.8) is 0 Å². The summed E-state index contributed by atoms with van der Waals surface area (Å²) in [6, 6.07) is 11.1. The Morgan fingerprint density at radius 3 is 2.77 bits per heavy atom. The Morgan fingerprint density at radius 1 is 1.31 bits per heavy atom. The Hall–Kier alpha value is -2.31. The number of dihydropyridines is 1. The molecule has 0 aliphatic carbocycles. The lowest BCUT2D eigenvalue weighted by Crippen LogP contribution is -2.43. The van der Waals surface area contributed by atoms with Gasteiger partial charge in [0.1, 0.15) is 6.04 Å². The van der Waals surface area contributed by atoms with Gasteiger partial charge in [0.15, 0.2) is 0 Å². The van der Waals surface area contributed by atoms with Gasteiger partial charge in [0, 0.05) is 41.6 Å². The van der Waals surface area contributed by atoms with Gasteiger partial charge < -0.3 is 11.1 Å². The standard InChI is InChI=1S/C20H21BrN4O/c21-17-4-1-3-16(11-17)18(19(22)26)25-14-20(7-2-8-24-13-20)12-15-5-9-23-10-6-15/h1-11,18,25H,12-14H2,(H2,22,26). The van der Waals surface area contributed by atoms with Gasteiger partial charge in [-0.25, -0.2) is 0 Å². The van der Waals surface area contributed by atoms with Crippen molar-refractivity contribution in [1.82, 2.24) is 10.3 Å². The maximum atomic E-state index is 12.0.